The van der Waals surface area contributed by atoms with Gasteiger partial charge in [0.1, 0.15) is 11.2 Å². The first-order valence-electron chi connectivity index (χ1n) is 18.9. The van der Waals surface area contributed by atoms with E-state index in [1.165, 1.54) is 0 Å². The summed E-state index contributed by atoms with van der Waals surface area (Å²) in [6.07, 6.45) is 14.7. The molecule has 0 atom stereocenters. The number of carbonyl (C=O) groups excluding carboxylic acids is 2. The number of ether oxygens (including phenoxy) is 2. The predicted molar refractivity (Wildman–Crippen MR) is 202 cm³/mol. The predicted octanol–water partition coefficient (Wildman–Crippen LogP) is 11.0. The fraction of sp³-hybridized carbons (Fsp3) is 0.947. The van der Waals surface area contributed by atoms with Gasteiger partial charge in [0.05, 0.1) is 0 Å². The number of hydrogen-bond acceptors (Lipinski definition) is 6. The van der Waals surface area contributed by atoms with Crippen LogP contribution in [-0.2, 0) is 13.9 Å². The first-order valence-corrected chi connectivity index (χ1v) is 21.8. The molecule has 0 unspecified atom stereocenters. The van der Waals surface area contributed by atoms with E-state index in [1.807, 2.05) is 51.3 Å². The van der Waals surface area contributed by atoms with Crippen molar-refractivity contribution in [1.82, 2.24) is 9.80 Å². The summed E-state index contributed by atoms with van der Waals surface area (Å²) >= 11 is 0. The molecule has 0 aromatic rings. The van der Waals surface area contributed by atoms with Crippen molar-refractivity contribution in [3.63, 3.8) is 0 Å². The van der Waals surface area contributed by atoms with E-state index in [0.29, 0.717) is 0 Å². The van der Waals surface area contributed by atoms with Crippen molar-refractivity contribution < 1.29 is 28.6 Å². The minimum absolute atomic E-state index is 0.167. The molecule has 0 radical (unpaired) electrons. The summed E-state index contributed by atoms with van der Waals surface area (Å²) in [7, 11) is -1.62. The van der Waals surface area contributed by atoms with Gasteiger partial charge in [-0.05, 0) is 98.2 Å². The van der Waals surface area contributed by atoms with Gasteiger partial charge < -0.3 is 28.8 Å². The van der Waals surface area contributed by atoms with E-state index >= 15 is 0 Å². The Balaban J connectivity index is 0. The van der Waals surface area contributed by atoms with E-state index in [0.717, 1.165) is 123 Å². The van der Waals surface area contributed by atoms with Gasteiger partial charge in [0.2, 0.25) is 0 Å². The van der Waals surface area contributed by atoms with E-state index < -0.39 is 19.5 Å². The highest BCUT2D eigenvalue weighted by atomic mass is 28.4. The number of amides is 2. The summed E-state index contributed by atoms with van der Waals surface area (Å²) in [6, 6.07) is 0. The minimum atomic E-state index is -1.62. The molecule has 0 aliphatic rings. The maximum Gasteiger partial charge on any atom is 0.410 e. The molecule has 282 valence electrons. The molecule has 0 aromatic carbocycles. The molecule has 1 N–H and O–H groups in total. The zero-order valence-corrected chi connectivity index (χ0v) is 34.5. The van der Waals surface area contributed by atoms with Gasteiger partial charge in [0.25, 0.3) is 0 Å². The second-order valence-electron chi connectivity index (χ2n) is 16.5. The molecular weight excluding hydrogens is 609 g/mol. The average Bonchev–Trinajstić information content (AvgIpc) is 2.92. The lowest BCUT2D eigenvalue weighted by Crippen LogP contribution is -2.40. The Morgan fingerprint density at radius 2 is 0.894 bits per heavy atom. The lowest BCUT2D eigenvalue weighted by Gasteiger charge is -2.36. The van der Waals surface area contributed by atoms with Crippen LogP contribution in [0.15, 0.2) is 0 Å². The number of carbonyl (C=O) groups is 2. The van der Waals surface area contributed by atoms with E-state index in [4.69, 9.17) is 19.0 Å². The van der Waals surface area contributed by atoms with Crippen LogP contribution < -0.4 is 0 Å². The standard InChI is InChI=1S/C22H47NO3Si.C16H33NO3/c1-10-11-14-17-23(20(24)26-21(2,3)4)18-15-12-13-16-19-25-27(8,9)22(5,6)7;1-5-6-9-12-17(13-10-7-8-11-14-18)15(19)20-16(2,3)4/h10-19H2,1-9H3;18H,5-14H2,1-4H3. The van der Waals surface area contributed by atoms with Crippen LogP contribution in [0.25, 0.3) is 0 Å². The van der Waals surface area contributed by atoms with Crippen molar-refractivity contribution in [2.24, 2.45) is 0 Å². The summed E-state index contributed by atoms with van der Waals surface area (Å²) in [5.74, 6) is 0. The number of rotatable bonds is 22. The van der Waals surface area contributed by atoms with Gasteiger partial charge in [-0.15, -0.1) is 0 Å². The molecule has 0 aromatic heterocycles. The maximum absolute atomic E-state index is 12.4. The van der Waals surface area contributed by atoms with Gasteiger partial charge >= 0.3 is 12.2 Å². The number of aliphatic hydroxyl groups is 1. The Hall–Kier alpha value is -1.32. The van der Waals surface area contributed by atoms with E-state index in [-0.39, 0.29) is 23.8 Å². The van der Waals surface area contributed by atoms with Gasteiger partial charge in [-0.1, -0.05) is 86.0 Å². The summed E-state index contributed by atoms with van der Waals surface area (Å²) in [5.41, 5.74) is -0.863. The summed E-state index contributed by atoms with van der Waals surface area (Å²) in [5, 5.41) is 9.03. The first kappa shape index (κ1) is 47.8. The normalized spacial score (nSPS) is 12.3. The number of nitrogens with zero attached hydrogens (tertiary/aromatic N) is 2. The van der Waals surface area contributed by atoms with Crippen LogP contribution in [0.2, 0.25) is 18.1 Å². The third kappa shape index (κ3) is 28.2. The lowest BCUT2D eigenvalue weighted by molar-refractivity contribution is 0.0233. The van der Waals surface area contributed by atoms with Crippen molar-refractivity contribution in [2.45, 2.75) is 195 Å². The Bertz CT molecular complexity index is 787. The zero-order chi connectivity index (χ0) is 36.6. The minimum Gasteiger partial charge on any atom is -0.444 e. The van der Waals surface area contributed by atoms with Crippen LogP contribution in [0.5, 0.6) is 0 Å². The van der Waals surface area contributed by atoms with Crippen LogP contribution in [0.3, 0.4) is 0 Å². The molecule has 8 nitrogen and oxygen atoms in total. The van der Waals surface area contributed by atoms with Crippen molar-refractivity contribution in [3.8, 4) is 0 Å². The number of aliphatic hydroxyl groups excluding tert-OH is 1. The Kier molecular flexibility index (Phi) is 26.1. The number of hydrogen-bond donors (Lipinski definition) is 1. The quantitative estimate of drug-likeness (QED) is 0.0899. The molecule has 0 spiro atoms. The van der Waals surface area contributed by atoms with Gasteiger partial charge in [-0.3, -0.25) is 0 Å². The summed E-state index contributed by atoms with van der Waals surface area (Å²) in [6.45, 7) is 31.5. The van der Waals surface area contributed by atoms with Gasteiger partial charge in [0, 0.05) is 39.4 Å². The monoisotopic (exact) mass is 689 g/mol. The topological polar surface area (TPSA) is 88.5 Å². The third-order valence-corrected chi connectivity index (χ3v) is 12.8. The zero-order valence-electron chi connectivity index (χ0n) is 33.5. The van der Waals surface area contributed by atoms with Gasteiger partial charge in [-0.25, -0.2) is 9.59 Å². The molecule has 0 heterocycles. The van der Waals surface area contributed by atoms with Crippen molar-refractivity contribution in [3.05, 3.63) is 0 Å². The van der Waals surface area contributed by atoms with Crippen molar-refractivity contribution in [2.75, 3.05) is 39.4 Å². The molecule has 0 bridgehead atoms. The summed E-state index contributed by atoms with van der Waals surface area (Å²) in [4.78, 5) is 28.3. The van der Waals surface area contributed by atoms with Gasteiger partial charge in [-0.2, -0.15) is 0 Å². The van der Waals surface area contributed by atoms with Crippen LogP contribution in [0.1, 0.15) is 166 Å². The molecule has 0 fully saturated rings. The highest BCUT2D eigenvalue weighted by Crippen LogP contribution is 2.36. The van der Waals surface area contributed by atoms with Crippen molar-refractivity contribution >= 4 is 20.5 Å². The molecular formula is C38H80N2O6Si. The van der Waals surface area contributed by atoms with Crippen LogP contribution in [0, 0.1) is 0 Å². The summed E-state index contributed by atoms with van der Waals surface area (Å²) < 4.78 is 17.3. The fourth-order valence-corrected chi connectivity index (χ4v) is 5.50. The molecule has 0 aliphatic heterocycles. The van der Waals surface area contributed by atoms with Gasteiger partial charge in [0.15, 0.2) is 8.32 Å². The van der Waals surface area contributed by atoms with Crippen molar-refractivity contribution in [1.29, 1.82) is 0 Å². The largest absolute Gasteiger partial charge is 0.444 e. The Morgan fingerprint density at radius 3 is 1.21 bits per heavy atom. The first-order chi connectivity index (χ1) is 21.7. The number of unbranched alkanes of at least 4 members (excludes halogenated alkanes) is 10. The maximum atomic E-state index is 12.4. The average molecular weight is 689 g/mol. The second kappa shape index (κ2) is 25.6. The van der Waals surface area contributed by atoms with Crippen LogP contribution >= 0.6 is 0 Å². The third-order valence-electron chi connectivity index (χ3n) is 8.29. The molecule has 0 rings (SSSR count). The smallest absolute Gasteiger partial charge is 0.410 e. The highest BCUT2D eigenvalue weighted by molar-refractivity contribution is 6.74. The van der Waals surface area contributed by atoms with E-state index in [9.17, 15) is 9.59 Å². The molecule has 0 saturated heterocycles. The highest BCUT2D eigenvalue weighted by Gasteiger charge is 2.36. The van der Waals surface area contributed by atoms with E-state index in [1.54, 1.807) is 0 Å². The second-order valence-corrected chi connectivity index (χ2v) is 21.3. The van der Waals surface area contributed by atoms with E-state index in [2.05, 4.69) is 47.7 Å². The lowest BCUT2D eigenvalue weighted by atomic mass is 10.2. The molecule has 0 saturated carbocycles. The molecule has 2 amide bonds. The molecule has 9 heteroatoms. The fourth-order valence-electron chi connectivity index (χ4n) is 4.42. The van der Waals surface area contributed by atoms with Crippen LogP contribution in [-0.4, -0.2) is 86.0 Å². The SMILES string of the molecule is CCCCCN(CCCCCCO)C(=O)OC(C)(C)C.CCCCCN(CCCCCCO[Si](C)(C)C(C)(C)C)C(=O)OC(C)(C)C. The molecule has 0 aliphatic carbocycles. The Morgan fingerprint density at radius 1 is 0.553 bits per heavy atom. The van der Waals surface area contributed by atoms with Crippen LogP contribution in [0.4, 0.5) is 9.59 Å². The Labute approximate surface area is 293 Å². The molecule has 47 heavy (non-hydrogen) atoms.